The lowest BCUT2D eigenvalue weighted by Gasteiger charge is -2.03. The van der Waals surface area contributed by atoms with E-state index in [4.69, 9.17) is 9.26 Å². The average molecular weight is 354 g/mol. The van der Waals surface area contributed by atoms with E-state index < -0.39 is 11.0 Å². The zero-order valence-electron chi connectivity index (χ0n) is 13.5. The lowest BCUT2D eigenvalue weighted by atomic mass is 10.1. The normalized spacial score (nSPS) is 10.3. The Hall–Kier alpha value is -3.75. The summed E-state index contributed by atoms with van der Waals surface area (Å²) in [4.78, 5) is 26.0. The van der Waals surface area contributed by atoms with E-state index in [1.54, 1.807) is 18.5 Å². The van der Waals surface area contributed by atoms with Gasteiger partial charge in [0.25, 0.3) is 11.6 Å². The van der Waals surface area contributed by atoms with Crippen LogP contribution >= 0.6 is 0 Å². The van der Waals surface area contributed by atoms with Crippen LogP contribution in [0.4, 0.5) is 10.5 Å². The number of ether oxygens (including phenoxy) is 1. The van der Waals surface area contributed by atoms with Gasteiger partial charge in [0, 0.05) is 36.6 Å². The molecule has 0 saturated heterocycles. The molecule has 0 aliphatic rings. The molecular weight excluding hydrogens is 340 g/mol. The summed E-state index contributed by atoms with van der Waals surface area (Å²) in [5.74, 6) is 0.223. The molecule has 1 amide bonds. The SMILES string of the molecule is O=C(NCCc1ccncc1)Oc1cc(-c2cccc([N+](=O)[O-])c2)on1. The Kier molecular flexibility index (Phi) is 5.18. The maximum atomic E-state index is 11.8. The highest BCUT2D eigenvalue weighted by Gasteiger charge is 2.14. The van der Waals surface area contributed by atoms with Crippen molar-refractivity contribution in [3.63, 3.8) is 0 Å². The van der Waals surface area contributed by atoms with Crippen molar-refractivity contribution < 1.29 is 19.0 Å². The Balaban J connectivity index is 1.55. The molecule has 9 heteroatoms. The van der Waals surface area contributed by atoms with Gasteiger partial charge in [0.05, 0.1) is 11.0 Å². The van der Waals surface area contributed by atoms with Crippen molar-refractivity contribution in [2.75, 3.05) is 6.54 Å². The molecule has 2 aromatic heterocycles. The number of amides is 1. The molecule has 0 bridgehead atoms. The number of non-ortho nitro benzene ring substituents is 1. The minimum atomic E-state index is -0.669. The number of nitro benzene ring substituents is 1. The van der Waals surface area contributed by atoms with Crippen LogP contribution in [0.15, 0.2) is 59.4 Å². The van der Waals surface area contributed by atoms with Crippen LogP contribution in [0.3, 0.4) is 0 Å². The van der Waals surface area contributed by atoms with Gasteiger partial charge in [0.1, 0.15) is 0 Å². The molecule has 0 atom stereocenters. The van der Waals surface area contributed by atoms with Gasteiger partial charge in [-0.25, -0.2) is 4.79 Å². The Morgan fingerprint density at radius 1 is 1.23 bits per heavy atom. The third kappa shape index (κ3) is 4.41. The number of carbonyl (C=O) groups excluding carboxylic acids is 1. The van der Waals surface area contributed by atoms with Gasteiger partial charge in [0.15, 0.2) is 5.76 Å². The smallest absolute Gasteiger partial charge is 0.388 e. The van der Waals surface area contributed by atoms with Crippen LogP contribution in [0.1, 0.15) is 5.56 Å². The quantitative estimate of drug-likeness (QED) is 0.533. The lowest BCUT2D eigenvalue weighted by molar-refractivity contribution is -0.384. The van der Waals surface area contributed by atoms with Crippen LogP contribution < -0.4 is 10.1 Å². The summed E-state index contributed by atoms with van der Waals surface area (Å²) in [6.45, 7) is 0.387. The molecule has 0 unspecified atom stereocenters. The first-order valence-electron chi connectivity index (χ1n) is 7.68. The summed E-state index contributed by atoms with van der Waals surface area (Å²) in [6.07, 6.45) is 3.32. The average Bonchev–Trinajstić information content (AvgIpc) is 3.11. The number of nitro groups is 1. The fourth-order valence-electron chi connectivity index (χ4n) is 2.21. The second kappa shape index (κ2) is 7.88. The molecule has 0 saturated carbocycles. The number of hydrogen-bond donors (Lipinski definition) is 1. The highest BCUT2D eigenvalue weighted by Crippen LogP contribution is 2.26. The molecule has 26 heavy (non-hydrogen) atoms. The van der Waals surface area contributed by atoms with Crippen molar-refractivity contribution in [3.05, 3.63) is 70.5 Å². The Bertz CT molecular complexity index is 910. The molecule has 1 N–H and O–H groups in total. The van der Waals surface area contributed by atoms with Gasteiger partial charge in [-0.15, -0.1) is 0 Å². The standard InChI is InChI=1S/C17H14N4O5/c22-17(19-9-6-12-4-7-18-8-5-12)25-16-11-15(26-20-16)13-2-1-3-14(10-13)21(23)24/h1-5,7-8,10-11H,6,9H2,(H,19,22). The Morgan fingerprint density at radius 3 is 2.81 bits per heavy atom. The zero-order valence-corrected chi connectivity index (χ0v) is 13.5. The number of benzene rings is 1. The van der Waals surface area contributed by atoms with E-state index in [0.717, 1.165) is 5.56 Å². The van der Waals surface area contributed by atoms with Gasteiger partial charge in [-0.1, -0.05) is 12.1 Å². The van der Waals surface area contributed by atoms with Gasteiger partial charge < -0.3 is 14.6 Å². The van der Waals surface area contributed by atoms with Crippen LogP contribution in [0.2, 0.25) is 0 Å². The first-order valence-corrected chi connectivity index (χ1v) is 7.68. The van der Waals surface area contributed by atoms with E-state index in [9.17, 15) is 14.9 Å². The Labute approximate surface area is 147 Å². The molecule has 9 nitrogen and oxygen atoms in total. The van der Waals surface area contributed by atoms with Gasteiger partial charge in [0.2, 0.25) is 0 Å². The topological polar surface area (TPSA) is 120 Å². The predicted octanol–water partition coefficient (Wildman–Crippen LogP) is 2.98. The lowest BCUT2D eigenvalue weighted by Crippen LogP contribution is -2.28. The summed E-state index contributed by atoms with van der Waals surface area (Å²) in [5, 5.41) is 17.1. The number of pyridine rings is 1. The van der Waals surface area contributed by atoms with Crippen LogP contribution in [-0.2, 0) is 6.42 Å². The Morgan fingerprint density at radius 2 is 2.04 bits per heavy atom. The molecule has 3 rings (SSSR count). The number of nitrogens with one attached hydrogen (secondary N) is 1. The van der Waals surface area contributed by atoms with Crippen molar-refractivity contribution in [1.82, 2.24) is 15.5 Å². The third-order valence-corrected chi connectivity index (χ3v) is 3.46. The minimum absolute atomic E-state index is 0.0343. The highest BCUT2D eigenvalue weighted by atomic mass is 16.6. The van der Waals surface area contributed by atoms with Crippen LogP contribution in [0, 0.1) is 10.1 Å². The van der Waals surface area contributed by atoms with Gasteiger partial charge in [-0.3, -0.25) is 15.1 Å². The molecule has 3 aromatic rings. The van der Waals surface area contributed by atoms with Gasteiger partial charge >= 0.3 is 6.09 Å². The second-order valence-corrected chi connectivity index (χ2v) is 5.26. The van der Waals surface area contributed by atoms with E-state index in [1.807, 2.05) is 12.1 Å². The van der Waals surface area contributed by atoms with E-state index >= 15 is 0 Å². The summed E-state index contributed by atoms with van der Waals surface area (Å²) >= 11 is 0. The van der Waals surface area contributed by atoms with Crippen molar-refractivity contribution in [2.45, 2.75) is 6.42 Å². The molecule has 0 aliphatic heterocycles. The number of hydrogen-bond acceptors (Lipinski definition) is 7. The predicted molar refractivity (Wildman–Crippen MR) is 90.6 cm³/mol. The number of aromatic nitrogens is 2. The number of nitrogens with zero attached hydrogens (tertiary/aromatic N) is 3. The second-order valence-electron chi connectivity index (χ2n) is 5.26. The number of rotatable bonds is 6. The third-order valence-electron chi connectivity index (χ3n) is 3.46. The fourth-order valence-corrected chi connectivity index (χ4v) is 2.21. The summed E-state index contributed by atoms with van der Waals surface area (Å²) < 4.78 is 10.1. The van der Waals surface area contributed by atoms with Crippen LogP contribution in [-0.4, -0.2) is 27.7 Å². The zero-order chi connectivity index (χ0) is 18.4. The summed E-state index contributed by atoms with van der Waals surface area (Å²) in [5.41, 5.74) is 1.42. The molecule has 0 spiro atoms. The first-order chi connectivity index (χ1) is 12.6. The van der Waals surface area contributed by atoms with Crippen LogP contribution in [0.25, 0.3) is 11.3 Å². The summed E-state index contributed by atoms with van der Waals surface area (Å²) in [7, 11) is 0. The van der Waals surface area contributed by atoms with E-state index in [0.29, 0.717) is 18.5 Å². The molecule has 2 heterocycles. The maximum absolute atomic E-state index is 11.8. The van der Waals surface area contributed by atoms with Crippen LogP contribution in [0.5, 0.6) is 5.88 Å². The minimum Gasteiger partial charge on any atom is -0.388 e. The molecule has 0 aliphatic carbocycles. The van der Waals surface area contributed by atoms with Crippen molar-refractivity contribution in [1.29, 1.82) is 0 Å². The largest absolute Gasteiger partial charge is 0.414 e. The highest BCUT2D eigenvalue weighted by molar-refractivity contribution is 5.70. The van der Waals surface area contributed by atoms with E-state index in [-0.39, 0.29) is 17.3 Å². The molecule has 132 valence electrons. The fraction of sp³-hybridized carbons (Fsp3) is 0.118. The molecule has 0 fully saturated rings. The van der Waals surface area contributed by atoms with Crippen molar-refractivity contribution in [3.8, 4) is 17.2 Å². The summed E-state index contributed by atoms with van der Waals surface area (Å²) in [6, 6.07) is 11.0. The van der Waals surface area contributed by atoms with Gasteiger partial charge in [-0.2, -0.15) is 0 Å². The van der Waals surface area contributed by atoms with E-state index in [2.05, 4.69) is 15.5 Å². The molecular formula is C17H14N4O5. The number of carbonyl (C=O) groups is 1. The van der Waals surface area contributed by atoms with Crippen molar-refractivity contribution in [2.24, 2.45) is 0 Å². The van der Waals surface area contributed by atoms with Gasteiger partial charge in [-0.05, 0) is 29.3 Å². The van der Waals surface area contributed by atoms with E-state index in [1.165, 1.54) is 24.3 Å². The first kappa shape index (κ1) is 17.1. The van der Waals surface area contributed by atoms with Crippen molar-refractivity contribution >= 4 is 11.8 Å². The molecule has 1 aromatic carbocycles. The maximum Gasteiger partial charge on any atom is 0.414 e. The monoisotopic (exact) mass is 354 g/mol. The molecule has 0 radical (unpaired) electrons.